The highest BCUT2D eigenvalue weighted by atomic mass is 32.2. The van der Waals surface area contributed by atoms with Crippen LogP contribution in [-0.4, -0.2) is 89.9 Å². The van der Waals surface area contributed by atoms with E-state index in [1.54, 1.807) is 18.3 Å². The summed E-state index contributed by atoms with van der Waals surface area (Å²) in [6.45, 7) is 7.01. The summed E-state index contributed by atoms with van der Waals surface area (Å²) in [6.07, 6.45) is -8.49. The maximum atomic E-state index is 13.1. The van der Waals surface area contributed by atoms with E-state index in [1.165, 1.54) is 9.54 Å². The van der Waals surface area contributed by atoms with Crippen molar-refractivity contribution in [3.63, 3.8) is 0 Å². The molecular weight excluding hydrogens is 584 g/mol. The standard InChI is InChI=1S/C21H25N3O2S.2C2HF3O2/c1-17-6-8-19(9-7-17)27(25,26)24-11-10-20-18(4-3-5-21(20)24)16-23-14-12-22(2)13-15-23;2*3-2(4,5)1(6)7/h3-11H,12-16H2,1-2H3;2*(H,6,7). The van der Waals surface area contributed by atoms with Gasteiger partial charge in [-0.3, -0.25) is 4.90 Å². The van der Waals surface area contributed by atoms with Gasteiger partial charge < -0.3 is 15.1 Å². The summed E-state index contributed by atoms with van der Waals surface area (Å²) in [7, 11) is -1.45. The highest BCUT2D eigenvalue weighted by Gasteiger charge is 2.38. The van der Waals surface area contributed by atoms with Crippen LogP contribution in [-0.2, 0) is 26.2 Å². The van der Waals surface area contributed by atoms with E-state index in [0.717, 1.165) is 49.2 Å². The van der Waals surface area contributed by atoms with Gasteiger partial charge in [0.15, 0.2) is 0 Å². The second-order valence-corrected chi connectivity index (χ2v) is 10.8. The minimum absolute atomic E-state index is 0.315. The van der Waals surface area contributed by atoms with Gasteiger partial charge in [0, 0.05) is 44.3 Å². The molecule has 9 nitrogen and oxygen atoms in total. The van der Waals surface area contributed by atoms with Crippen molar-refractivity contribution in [3.8, 4) is 0 Å². The average Bonchev–Trinajstić information content (AvgIpc) is 3.31. The molecular formula is C25H27F6N3O6S. The third kappa shape index (κ3) is 9.47. The van der Waals surface area contributed by atoms with E-state index in [0.29, 0.717) is 4.90 Å². The van der Waals surface area contributed by atoms with Gasteiger partial charge in [0.25, 0.3) is 10.0 Å². The number of hydrogen-bond acceptors (Lipinski definition) is 6. The third-order valence-electron chi connectivity index (χ3n) is 5.84. The molecule has 1 aliphatic rings. The van der Waals surface area contributed by atoms with Gasteiger partial charge in [-0.2, -0.15) is 26.3 Å². The zero-order valence-corrected chi connectivity index (χ0v) is 22.6. The predicted octanol–water partition coefficient (Wildman–Crippen LogP) is 4.20. The van der Waals surface area contributed by atoms with Crippen molar-refractivity contribution in [2.24, 2.45) is 0 Å². The molecule has 0 radical (unpaired) electrons. The first-order valence-electron chi connectivity index (χ1n) is 11.8. The van der Waals surface area contributed by atoms with Crippen LogP contribution in [0.1, 0.15) is 11.1 Å². The van der Waals surface area contributed by atoms with E-state index in [2.05, 4.69) is 22.9 Å². The summed E-state index contributed by atoms with van der Waals surface area (Å²) in [5, 5.41) is 15.3. The molecule has 41 heavy (non-hydrogen) atoms. The Morgan fingerprint density at radius 1 is 0.829 bits per heavy atom. The number of likely N-dealkylation sites (N-methyl/N-ethyl adjacent to an activating group) is 1. The van der Waals surface area contributed by atoms with Crippen molar-refractivity contribution in [2.75, 3.05) is 33.2 Å². The van der Waals surface area contributed by atoms with Crippen molar-refractivity contribution in [1.29, 1.82) is 0 Å². The molecule has 226 valence electrons. The highest BCUT2D eigenvalue weighted by Crippen LogP contribution is 2.26. The Balaban J connectivity index is 0.000000349. The van der Waals surface area contributed by atoms with Gasteiger partial charge in [-0.05, 0) is 43.8 Å². The zero-order valence-electron chi connectivity index (χ0n) is 21.8. The number of halogens is 6. The van der Waals surface area contributed by atoms with Crippen molar-refractivity contribution in [1.82, 2.24) is 13.8 Å². The van der Waals surface area contributed by atoms with E-state index in [-0.39, 0.29) is 0 Å². The lowest BCUT2D eigenvalue weighted by Gasteiger charge is -2.32. The van der Waals surface area contributed by atoms with Crippen LogP contribution in [0.5, 0.6) is 0 Å². The first-order chi connectivity index (χ1) is 18.8. The van der Waals surface area contributed by atoms with E-state index < -0.39 is 34.3 Å². The number of rotatable bonds is 4. The van der Waals surface area contributed by atoms with Gasteiger partial charge in [-0.1, -0.05) is 29.8 Å². The SMILES string of the molecule is Cc1ccc(S(=O)(=O)n2ccc3c(CN4CCN(C)CC4)cccc32)cc1.O=C(O)C(F)(F)F.O=C(O)C(F)(F)F. The van der Waals surface area contributed by atoms with Gasteiger partial charge in [-0.25, -0.2) is 22.0 Å². The molecule has 0 spiro atoms. The molecule has 1 fully saturated rings. The summed E-state index contributed by atoms with van der Waals surface area (Å²) < 4.78 is 91.1. The zero-order chi connectivity index (χ0) is 31.2. The summed E-state index contributed by atoms with van der Waals surface area (Å²) in [4.78, 5) is 22.9. The van der Waals surface area contributed by atoms with Gasteiger partial charge >= 0.3 is 24.3 Å². The van der Waals surface area contributed by atoms with Crippen LogP contribution in [0.2, 0.25) is 0 Å². The summed E-state index contributed by atoms with van der Waals surface area (Å²) in [5.74, 6) is -5.51. The number of aromatic nitrogens is 1. The number of nitrogens with zero attached hydrogens (tertiary/aromatic N) is 3. The molecule has 0 unspecified atom stereocenters. The third-order valence-corrected chi connectivity index (χ3v) is 7.54. The lowest BCUT2D eigenvalue weighted by molar-refractivity contribution is -0.193. The number of aryl methyl sites for hydroxylation is 1. The Morgan fingerprint density at radius 3 is 1.78 bits per heavy atom. The van der Waals surface area contributed by atoms with Crippen LogP contribution < -0.4 is 0 Å². The highest BCUT2D eigenvalue weighted by molar-refractivity contribution is 7.90. The van der Waals surface area contributed by atoms with Gasteiger partial charge in [-0.15, -0.1) is 0 Å². The maximum absolute atomic E-state index is 13.1. The fourth-order valence-electron chi connectivity index (χ4n) is 3.62. The maximum Gasteiger partial charge on any atom is 0.490 e. The Bertz CT molecular complexity index is 1420. The fourth-order valence-corrected chi connectivity index (χ4v) is 4.97. The Kier molecular flexibility index (Phi) is 10.9. The van der Waals surface area contributed by atoms with Crippen molar-refractivity contribution in [2.45, 2.75) is 30.7 Å². The van der Waals surface area contributed by atoms with Crippen LogP contribution in [0, 0.1) is 6.92 Å². The molecule has 4 rings (SSSR count). The summed E-state index contributed by atoms with van der Waals surface area (Å²) in [6, 6.07) is 14.9. The van der Waals surface area contributed by atoms with E-state index in [1.807, 2.05) is 37.3 Å². The van der Waals surface area contributed by atoms with E-state index >= 15 is 0 Å². The number of fused-ring (bicyclic) bond motifs is 1. The lowest BCUT2D eigenvalue weighted by atomic mass is 10.1. The van der Waals surface area contributed by atoms with Crippen molar-refractivity contribution >= 4 is 32.9 Å². The largest absolute Gasteiger partial charge is 0.490 e. The smallest absolute Gasteiger partial charge is 0.475 e. The number of aliphatic carboxylic acids is 2. The van der Waals surface area contributed by atoms with E-state index in [9.17, 15) is 34.8 Å². The molecule has 1 aliphatic heterocycles. The molecule has 16 heteroatoms. The Hall–Kier alpha value is -3.63. The van der Waals surface area contributed by atoms with Crippen molar-refractivity contribution in [3.05, 3.63) is 65.9 Å². The normalized spacial score (nSPS) is 14.9. The van der Waals surface area contributed by atoms with Gasteiger partial charge in [0.2, 0.25) is 0 Å². The number of carboxylic acid groups (broad SMARTS) is 2. The van der Waals surface area contributed by atoms with Crippen LogP contribution in [0.4, 0.5) is 26.3 Å². The molecule has 0 amide bonds. The summed E-state index contributed by atoms with van der Waals surface area (Å²) >= 11 is 0. The molecule has 3 aromatic rings. The molecule has 2 aromatic carbocycles. The van der Waals surface area contributed by atoms with Crippen LogP contribution >= 0.6 is 0 Å². The number of alkyl halides is 6. The minimum atomic E-state index is -5.08. The molecule has 2 N–H and O–H groups in total. The number of hydrogen-bond donors (Lipinski definition) is 2. The number of carbonyl (C=O) groups is 2. The van der Waals surface area contributed by atoms with Crippen LogP contribution in [0.3, 0.4) is 0 Å². The monoisotopic (exact) mass is 611 g/mol. The second-order valence-electron chi connectivity index (χ2n) is 8.96. The summed E-state index contributed by atoms with van der Waals surface area (Å²) in [5.41, 5.74) is 2.96. The lowest BCUT2D eigenvalue weighted by Crippen LogP contribution is -2.43. The fraction of sp³-hybridized carbons (Fsp3) is 0.360. The second kappa shape index (κ2) is 13.4. The number of carboxylic acids is 2. The molecule has 1 aromatic heterocycles. The van der Waals surface area contributed by atoms with Crippen molar-refractivity contribution < 1.29 is 54.6 Å². The number of piperazine rings is 1. The molecule has 0 aliphatic carbocycles. The Labute approximate surface area is 231 Å². The first-order valence-corrected chi connectivity index (χ1v) is 13.2. The minimum Gasteiger partial charge on any atom is -0.475 e. The topological polar surface area (TPSA) is 120 Å². The average molecular weight is 612 g/mol. The molecule has 0 bridgehead atoms. The van der Waals surface area contributed by atoms with Gasteiger partial charge in [0.05, 0.1) is 10.4 Å². The quantitative estimate of drug-likeness (QED) is 0.422. The van der Waals surface area contributed by atoms with Crippen LogP contribution in [0.15, 0.2) is 59.6 Å². The van der Waals surface area contributed by atoms with Gasteiger partial charge in [0.1, 0.15) is 0 Å². The first kappa shape index (κ1) is 33.6. The van der Waals surface area contributed by atoms with E-state index in [4.69, 9.17) is 19.8 Å². The predicted molar refractivity (Wildman–Crippen MR) is 136 cm³/mol. The Morgan fingerprint density at radius 2 is 1.32 bits per heavy atom. The molecule has 1 saturated heterocycles. The molecule has 0 saturated carbocycles. The molecule has 2 heterocycles. The van der Waals surface area contributed by atoms with Crippen LogP contribution in [0.25, 0.3) is 10.9 Å². The number of benzene rings is 2. The molecule has 0 atom stereocenters.